The van der Waals surface area contributed by atoms with Crippen LogP contribution in [0.25, 0.3) is 27.9 Å². The standard InChI is InChI=1S/C26H25N7O/c1-3-32-21-9-5-4-8-19(21)29-23(32)15-28-26(34)18-14-20(17-11-12-17)30-25-24(18)16(2)31-33(25)22-10-6-7-13-27-22/h4-10,13-14,17H,3,11-12,15H2,1-2H3,(H,28,34). The van der Waals surface area contributed by atoms with Gasteiger partial charge < -0.3 is 9.88 Å². The number of hydrogen-bond acceptors (Lipinski definition) is 5. The summed E-state index contributed by atoms with van der Waals surface area (Å²) in [4.78, 5) is 27.6. The molecule has 1 aromatic carbocycles. The third-order valence-corrected chi connectivity index (χ3v) is 6.40. The fourth-order valence-corrected chi connectivity index (χ4v) is 4.58. The number of imidazole rings is 1. The number of nitrogens with zero attached hydrogens (tertiary/aromatic N) is 6. The third kappa shape index (κ3) is 3.42. The number of para-hydroxylation sites is 2. The highest BCUT2D eigenvalue weighted by molar-refractivity contribution is 6.06. The molecule has 8 nitrogen and oxygen atoms in total. The number of fused-ring (bicyclic) bond motifs is 2. The molecule has 1 fully saturated rings. The van der Waals surface area contributed by atoms with Crippen LogP contribution in [-0.4, -0.2) is 35.2 Å². The van der Waals surface area contributed by atoms with E-state index in [0.29, 0.717) is 29.5 Å². The molecule has 1 N–H and O–H groups in total. The van der Waals surface area contributed by atoms with E-state index >= 15 is 0 Å². The monoisotopic (exact) mass is 451 g/mol. The minimum atomic E-state index is -0.146. The lowest BCUT2D eigenvalue weighted by Gasteiger charge is -2.10. The van der Waals surface area contributed by atoms with Crippen LogP contribution in [0, 0.1) is 6.92 Å². The Morgan fingerprint density at radius 3 is 2.71 bits per heavy atom. The highest BCUT2D eigenvalue weighted by Gasteiger charge is 2.29. The van der Waals surface area contributed by atoms with Crippen molar-refractivity contribution in [2.75, 3.05) is 0 Å². The van der Waals surface area contributed by atoms with Gasteiger partial charge in [0.05, 0.1) is 34.2 Å². The number of rotatable bonds is 6. The summed E-state index contributed by atoms with van der Waals surface area (Å²) in [5.41, 5.74) is 4.97. The molecule has 0 aliphatic heterocycles. The number of aromatic nitrogens is 6. The van der Waals surface area contributed by atoms with E-state index < -0.39 is 0 Å². The summed E-state index contributed by atoms with van der Waals surface area (Å²) in [6.07, 6.45) is 3.92. The average Bonchev–Trinajstić information content (AvgIpc) is 3.58. The summed E-state index contributed by atoms with van der Waals surface area (Å²) in [5, 5.41) is 8.56. The molecule has 0 bridgehead atoms. The Bertz CT molecular complexity index is 1530. The second kappa shape index (κ2) is 8.06. The molecule has 1 amide bonds. The van der Waals surface area contributed by atoms with Crippen molar-refractivity contribution >= 4 is 28.0 Å². The van der Waals surface area contributed by atoms with Crippen LogP contribution in [0.1, 0.15) is 53.3 Å². The first-order valence-corrected chi connectivity index (χ1v) is 11.7. The number of nitrogens with one attached hydrogen (secondary N) is 1. The number of hydrogen-bond donors (Lipinski definition) is 1. The Morgan fingerprint density at radius 2 is 1.94 bits per heavy atom. The molecule has 4 heterocycles. The van der Waals surface area contributed by atoms with Gasteiger partial charge in [0.15, 0.2) is 11.5 Å². The first-order valence-electron chi connectivity index (χ1n) is 11.7. The summed E-state index contributed by atoms with van der Waals surface area (Å²) >= 11 is 0. The molecule has 6 rings (SSSR count). The third-order valence-electron chi connectivity index (χ3n) is 6.40. The minimum absolute atomic E-state index is 0.146. The van der Waals surface area contributed by atoms with Gasteiger partial charge in [-0.15, -0.1) is 0 Å². The first-order chi connectivity index (χ1) is 16.6. The van der Waals surface area contributed by atoms with Crippen LogP contribution >= 0.6 is 0 Å². The van der Waals surface area contributed by atoms with Crippen molar-refractivity contribution < 1.29 is 4.79 Å². The van der Waals surface area contributed by atoms with E-state index in [4.69, 9.17) is 15.1 Å². The maximum absolute atomic E-state index is 13.5. The molecule has 0 radical (unpaired) electrons. The van der Waals surface area contributed by atoms with Crippen molar-refractivity contribution in [3.63, 3.8) is 0 Å². The fourth-order valence-electron chi connectivity index (χ4n) is 4.58. The summed E-state index contributed by atoms with van der Waals surface area (Å²) in [7, 11) is 0. The van der Waals surface area contributed by atoms with Gasteiger partial charge in [-0.1, -0.05) is 18.2 Å². The van der Waals surface area contributed by atoms with E-state index in [-0.39, 0.29) is 5.91 Å². The molecular formula is C26H25N7O. The van der Waals surface area contributed by atoms with Crippen molar-refractivity contribution in [1.29, 1.82) is 0 Å². The lowest BCUT2D eigenvalue weighted by molar-refractivity contribution is 0.0951. The number of aryl methyl sites for hydroxylation is 2. The van der Waals surface area contributed by atoms with Crippen LogP contribution in [0.3, 0.4) is 0 Å². The lowest BCUT2D eigenvalue weighted by atomic mass is 10.1. The van der Waals surface area contributed by atoms with Gasteiger partial charge in [-0.3, -0.25) is 4.79 Å². The van der Waals surface area contributed by atoms with Crippen molar-refractivity contribution in [2.24, 2.45) is 0 Å². The van der Waals surface area contributed by atoms with Crippen molar-refractivity contribution in [3.8, 4) is 5.82 Å². The summed E-state index contributed by atoms with van der Waals surface area (Å²) in [5.74, 6) is 1.77. The molecule has 8 heteroatoms. The summed E-state index contributed by atoms with van der Waals surface area (Å²) in [6, 6.07) is 15.7. The number of pyridine rings is 2. The van der Waals surface area contributed by atoms with Crippen LogP contribution in [-0.2, 0) is 13.1 Å². The predicted octanol–water partition coefficient (Wildman–Crippen LogP) is 4.30. The molecule has 1 aliphatic carbocycles. The maximum Gasteiger partial charge on any atom is 0.252 e. The first kappa shape index (κ1) is 20.5. The summed E-state index contributed by atoms with van der Waals surface area (Å²) < 4.78 is 3.88. The Morgan fingerprint density at radius 1 is 1.12 bits per heavy atom. The maximum atomic E-state index is 13.5. The Balaban J connectivity index is 1.40. The van der Waals surface area contributed by atoms with Crippen molar-refractivity contribution in [2.45, 2.75) is 45.7 Å². The second-order valence-corrected chi connectivity index (χ2v) is 8.70. The zero-order chi connectivity index (χ0) is 23.2. The molecule has 1 saturated carbocycles. The van der Waals surface area contributed by atoms with Gasteiger partial charge in [0.25, 0.3) is 5.91 Å². The molecule has 0 spiro atoms. The van der Waals surface area contributed by atoms with Crippen LogP contribution < -0.4 is 5.32 Å². The smallest absolute Gasteiger partial charge is 0.252 e. The van der Waals surface area contributed by atoms with Gasteiger partial charge >= 0.3 is 0 Å². The zero-order valence-electron chi connectivity index (χ0n) is 19.2. The molecule has 0 unspecified atom stereocenters. The molecule has 4 aromatic heterocycles. The van der Waals surface area contributed by atoms with E-state index in [1.165, 1.54) is 0 Å². The van der Waals surface area contributed by atoms with Gasteiger partial charge in [-0.25, -0.2) is 15.0 Å². The van der Waals surface area contributed by atoms with Crippen LogP contribution in [0.15, 0.2) is 54.7 Å². The Labute approximate surface area is 196 Å². The largest absolute Gasteiger partial charge is 0.345 e. The predicted molar refractivity (Wildman–Crippen MR) is 130 cm³/mol. The molecule has 5 aromatic rings. The number of benzene rings is 1. The molecule has 0 saturated heterocycles. The van der Waals surface area contributed by atoms with E-state index in [0.717, 1.165) is 53.0 Å². The molecule has 34 heavy (non-hydrogen) atoms. The minimum Gasteiger partial charge on any atom is -0.345 e. The normalized spacial score (nSPS) is 13.6. The Kier molecular flexibility index (Phi) is 4.86. The van der Waals surface area contributed by atoms with Gasteiger partial charge in [0, 0.05) is 24.4 Å². The highest BCUT2D eigenvalue weighted by Crippen LogP contribution is 2.40. The van der Waals surface area contributed by atoms with Crippen LogP contribution in [0.2, 0.25) is 0 Å². The SMILES string of the molecule is CCn1c(CNC(=O)c2cc(C3CC3)nc3c2c(C)nn3-c2ccccn2)nc2ccccc21. The van der Waals surface area contributed by atoms with Gasteiger partial charge in [-0.2, -0.15) is 9.78 Å². The van der Waals surface area contributed by atoms with Crippen molar-refractivity contribution in [3.05, 3.63) is 77.5 Å². The molecule has 0 atom stereocenters. The topological polar surface area (TPSA) is 90.5 Å². The van der Waals surface area contributed by atoms with Crippen LogP contribution in [0.4, 0.5) is 0 Å². The number of carbonyl (C=O) groups is 1. The van der Waals surface area contributed by atoms with E-state index in [2.05, 4.69) is 27.9 Å². The Hall–Kier alpha value is -4.07. The fraction of sp³-hybridized carbons (Fsp3) is 0.269. The number of carbonyl (C=O) groups excluding carboxylic acids is 1. The highest BCUT2D eigenvalue weighted by atomic mass is 16.1. The number of amides is 1. The van der Waals surface area contributed by atoms with E-state index in [9.17, 15) is 4.79 Å². The quantitative estimate of drug-likeness (QED) is 0.416. The lowest BCUT2D eigenvalue weighted by Crippen LogP contribution is -2.25. The second-order valence-electron chi connectivity index (χ2n) is 8.70. The van der Waals surface area contributed by atoms with Crippen molar-refractivity contribution in [1.82, 2.24) is 34.6 Å². The zero-order valence-corrected chi connectivity index (χ0v) is 19.2. The van der Waals surface area contributed by atoms with Crippen LogP contribution in [0.5, 0.6) is 0 Å². The van der Waals surface area contributed by atoms with E-state index in [1.54, 1.807) is 10.9 Å². The molecule has 1 aliphatic rings. The average molecular weight is 452 g/mol. The van der Waals surface area contributed by atoms with Gasteiger partial charge in [0.1, 0.15) is 5.82 Å². The van der Waals surface area contributed by atoms with Gasteiger partial charge in [-0.05, 0) is 57.0 Å². The molecular weight excluding hydrogens is 426 g/mol. The van der Waals surface area contributed by atoms with E-state index in [1.807, 2.05) is 49.4 Å². The van der Waals surface area contributed by atoms with Gasteiger partial charge in [0.2, 0.25) is 0 Å². The molecule has 170 valence electrons. The summed E-state index contributed by atoms with van der Waals surface area (Å²) in [6.45, 7) is 5.13.